The largest absolute Gasteiger partial charge is 0.368 e. The van der Waals surface area contributed by atoms with Gasteiger partial charge >= 0.3 is 0 Å². The van der Waals surface area contributed by atoms with Crippen molar-refractivity contribution in [3.8, 4) is 11.4 Å². The summed E-state index contributed by atoms with van der Waals surface area (Å²) in [4.78, 5) is 4.13. The van der Waals surface area contributed by atoms with E-state index in [1.54, 1.807) is 13.1 Å². The second kappa shape index (κ2) is 4.68. The molecule has 0 unspecified atom stereocenters. The fourth-order valence-electron chi connectivity index (χ4n) is 1.34. The molecule has 0 aliphatic rings. The molecule has 0 atom stereocenters. The van der Waals surface area contributed by atoms with Gasteiger partial charge in [-0.2, -0.15) is 9.67 Å². The van der Waals surface area contributed by atoms with Crippen molar-refractivity contribution >= 4 is 34.9 Å². The van der Waals surface area contributed by atoms with Crippen LogP contribution < -0.4 is 11.1 Å². The Bertz CT molecular complexity index is 566. The van der Waals surface area contributed by atoms with Crippen LogP contribution in [0.5, 0.6) is 0 Å². The van der Waals surface area contributed by atoms with E-state index in [4.69, 9.17) is 29.6 Å². The molecule has 2 rings (SSSR count). The smallest absolute Gasteiger partial charge is 0.226 e. The van der Waals surface area contributed by atoms with Gasteiger partial charge in [0.05, 0.1) is 5.02 Å². The SMILES string of the molecule is CNC(=S)n1nc(-c2ccccc2Cl)nc1N. The summed E-state index contributed by atoms with van der Waals surface area (Å²) < 4.78 is 1.36. The lowest BCUT2D eigenvalue weighted by Crippen LogP contribution is -2.26. The van der Waals surface area contributed by atoms with E-state index in [0.29, 0.717) is 16.0 Å². The van der Waals surface area contributed by atoms with E-state index in [1.165, 1.54) is 4.68 Å². The van der Waals surface area contributed by atoms with Gasteiger partial charge in [0.25, 0.3) is 0 Å². The number of nitrogen functional groups attached to an aromatic ring is 1. The van der Waals surface area contributed by atoms with E-state index in [1.807, 2.05) is 18.2 Å². The first-order chi connectivity index (χ1) is 8.13. The van der Waals surface area contributed by atoms with Crippen LogP contribution in [0.15, 0.2) is 24.3 Å². The van der Waals surface area contributed by atoms with E-state index in [-0.39, 0.29) is 5.95 Å². The number of halogens is 1. The van der Waals surface area contributed by atoms with Crippen LogP contribution in [0, 0.1) is 0 Å². The summed E-state index contributed by atoms with van der Waals surface area (Å²) in [6, 6.07) is 7.28. The molecule has 1 heterocycles. The Morgan fingerprint density at radius 2 is 2.18 bits per heavy atom. The molecule has 0 spiro atoms. The first-order valence-electron chi connectivity index (χ1n) is 4.83. The second-order valence-electron chi connectivity index (χ2n) is 3.24. The predicted octanol–water partition coefficient (Wildman–Crippen LogP) is 1.53. The minimum absolute atomic E-state index is 0.222. The molecule has 2 aromatic rings. The van der Waals surface area contributed by atoms with Crippen LogP contribution in [0.1, 0.15) is 0 Å². The van der Waals surface area contributed by atoms with Gasteiger partial charge in [0.2, 0.25) is 5.95 Å². The van der Waals surface area contributed by atoms with Gasteiger partial charge in [0.1, 0.15) is 0 Å². The summed E-state index contributed by atoms with van der Waals surface area (Å²) in [5.74, 6) is 0.671. The monoisotopic (exact) mass is 267 g/mol. The molecule has 1 aromatic heterocycles. The average molecular weight is 268 g/mol. The zero-order chi connectivity index (χ0) is 12.4. The van der Waals surface area contributed by atoms with Gasteiger partial charge in [-0.15, -0.1) is 5.10 Å². The first-order valence-corrected chi connectivity index (χ1v) is 5.61. The van der Waals surface area contributed by atoms with Crippen molar-refractivity contribution in [1.82, 2.24) is 20.1 Å². The van der Waals surface area contributed by atoms with Crippen molar-refractivity contribution in [3.05, 3.63) is 29.3 Å². The number of aromatic nitrogens is 3. The van der Waals surface area contributed by atoms with E-state index in [2.05, 4.69) is 15.4 Å². The number of nitrogens with two attached hydrogens (primary N) is 1. The number of thiocarbonyl (C=S) groups is 1. The Morgan fingerprint density at radius 3 is 2.82 bits per heavy atom. The summed E-state index contributed by atoms with van der Waals surface area (Å²) in [5, 5.41) is 7.94. The third kappa shape index (κ3) is 2.22. The number of hydrogen-bond donors (Lipinski definition) is 2. The third-order valence-electron chi connectivity index (χ3n) is 2.15. The number of anilines is 1. The zero-order valence-corrected chi connectivity index (χ0v) is 10.6. The molecule has 0 aliphatic heterocycles. The second-order valence-corrected chi connectivity index (χ2v) is 4.03. The fourth-order valence-corrected chi connectivity index (χ4v) is 1.69. The van der Waals surface area contributed by atoms with Gasteiger partial charge < -0.3 is 11.1 Å². The van der Waals surface area contributed by atoms with Crippen LogP contribution in [0.3, 0.4) is 0 Å². The minimum atomic E-state index is 0.222. The van der Waals surface area contributed by atoms with Gasteiger partial charge in [-0.3, -0.25) is 0 Å². The highest BCUT2D eigenvalue weighted by Gasteiger charge is 2.13. The van der Waals surface area contributed by atoms with Gasteiger partial charge in [-0.05, 0) is 24.4 Å². The summed E-state index contributed by atoms with van der Waals surface area (Å²) in [5.41, 5.74) is 6.44. The summed E-state index contributed by atoms with van der Waals surface area (Å²) in [6.45, 7) is 0. The topological polar surface area (TPSA) is 68.8 Å². The molecule has 0 saturated carbocycles. The summed E-state index contributed by atoms with van der Waals surface area (Å²) in [7, 11) is 1.69. The lowest BCUT2D eigenvalue weighted by Gasteiger charge is -2.01. The molecule has 0 amide bonds. The van der Waals surface area contributed by atoms with Crippen molar-refractivity contribution in [2.75, 3.05) is 12.8 Å². The van der Waals surface area contributed by atoms with Crippen LogP contribution in [0.4, 0.5) is 5.95 Å². The number of nitrogens with zero attached hydrogens (tertiary/aromatic N) is 3. The van der Waals surface area contributed by atoms with Gasteiger partial charge in [0, 0.05) is 12.6 Å². The number of benzene rings is 1. The molecule has 0 saturated heterocycles. The highest BCUT2D eigenvalue weighted by atomic mass is 35.5. The normalized spacial score (nSPS) is 10.2. The van der Waals surface area contributed by atoms with Crippen LogP contribution in [0.2, 0.25) is 5.02 Å². The molecule has 7 heteroatoms. The molecule has 5 nitrogen and oxygen atoms in total. The lowest BCUT2D eigenvalue weighted by atomic mass is 10.2. The van der Waals surface area contributed by atoms with Gasteiger partial charge in [-0.25, -0.2) is 0 Å². The van der Waals surface area contributed by atoms with Crippen molar-refractivity contribution in [1.29, 1.82) is 0 Å². The third-order valence-corrected chi connectivity index (χ3v) is 2.86. The zero-order valence-electron chi connectivity index (χ0n) is 9.01. The molecular formula is C10H10ClN5S. The molecule has 0 fully saturated rings. The van der Waals surface area contributed by atoms with E-state index >= 15 is 0 Å². The predicted molar refractivity (Wildman–Crippen MR) is 71.9 cm³/mol. The fraction of sp³-hybridized carbons (Fsp3) is 0.100. The molecule has 0 aliphatic carbocycles. The van der Waals surface area contributed by atoms with E-state index < -0.39 is 0 Å². The Labute approximate surface area is 109 Å². The van der Waals surface area contributed by atoms with Crippen molar-refractivity contribution in [2.45, 2.75) is 0 Å². The molecule has 17 heavy (non-hydrogen) atoms. The van der Waals surface area contributed by atoms with Gasteiger partial charge in [0.15, 0.2) is 10.9 Å². The maximum absolute atomic E-state index is 6.06. The molecule has 0 bridgehead atoms. The number of nitrogens with one attached hydrogen (secondary N) is 1. The van der Waals surface area contributed by atoms with Crippen LogP contribution in [0.25, 0.3) is 11.4 Å². The number of hydrogen-bond acceptors (Lipinski definition) is 4. The first kappa shape index (κ1) is 11.8. The highest BCUT2D eigenvalue weighted by Crippen LogP contribution is 2.25. The van der Waals surface area contributed by atoms with Crippen molar-refractivity contribution in [2.24, 2.45) is 0 Å². The van der Waals surface area contributed by atoms with Crippen molar-refractivity contribution < 1.29 is 0 Å². The standard InChI is InChI=1S/C10H10ClN5S/c1-13-10(17)16-9(12)14-8(15-16)6-4-2-3-5-7(6)11/h2-5H,1H3,(H,13,17)(H2,12,14,15). The molecular weight excluding hydrogens is 258 g/mol. The Morgan fingerprint density at radius 1 is 1.47 bits per heavy atom. The lowest BCUT2D eigenvalue weighted by molar-refractivity contribution is 0.915. The van der Waals surface area contributed by atoms with Crippen LogP contribution in [-0.2, 0) is 0 Å². The average Bonchev–Trinajstić information content (AvgIpc) is 2.71. The summed E-state index contributed by atoms with van der Waals surface area (Å²) >= 11 is 11.1. The molecule has 3 N–H and O–H groups in total. The molecule has 0 radical (unpaired) electrons. The molecule has 88 valence electrons. The Hall–Kier alpha value is -1.66. The van der Waals surface area contributed by atoms with Crippen molar-refractivity contribution in [3.63, 3.8) is 0 Å². The molecule has 1 aromatic carbocycles. The number of rotatable bonds is 1. The van der Waals surface area contributed by atoms with E-state index in [0.717, 1.165) is 5.56 Å². The quantitative estimate of drug-likeness (QED) is 0.767. The maximum Gasteiger partial charge on any atom is 0.226 e. The summed E-state index contributed by atoms with van der Waals surface area (Å²) in [6.07, 6.45) is 0. The maximum atomic E-state index is 6.06. The minimum Gasteiger partial charge on any atom is -0.368 e. The van der Waals surface area contributed by atoms with Gasteiger partial charge in [-0.1, -0.05) is 23.7 Å². The van der Waals surface area contributed by atoms with Crippen LogP contribution in [-0.4, -0.2) is 26.9 Å². The van der Waals surface area contributed by atoms with E-state index in [9.17, 15) is 0 Å². The van der Waals surface area contributed by atoms with Crippen LogP contribution >= 0.6 is 23.8 Å². The highest BCUT2D eigenvalue weighted by molar-refractivity contribution is 7.80. The Kier molecular flexibility index (Phi) is 3.26. The Balaban J connectivity index is 2.49.